The van der Waals surface area contributed by atoms with Crippen LogP contribution in [-0.4, -0.2) is 80.3 Å². The summed E-state index contributed by atoms with van der Waals surface area (Å²) < 4.78 is 19.1. The molecule has 2 amide bonds. The third-order valence-corrected chi connectivity index (χ3v) is 8.19. The molecule has 42 heavy (non-hydrogen) atoms. The minimum absolute atomic E-state index is 0.0189. The number of ether oxygens (including phenoxy) is 3. The molecule has 2 aromatic heterocycles. The Labute approximate surface area is 249 Å². The molecule has 3 aliphatic heterocycles. The van der Waals surface area contributed by atoms with E-state index in [-0.39, 0.29) is 36.2 Å². The highest BCUT2D eigenvalue weighted by atomic mass is 16.6. The number of anilines is 2. The van der Waals surface area contributed by atoms with E-state index in [2.05, 4.69) is 19.2 Å². The molecule has 2 aromatic rings. The maximum absolute atomic E-state index is 14.1. The van der Waals surface area contributed by atoms with E-state index in [1.165, 1.54) is 0 Å². The number of piperidine rings is 1. The second kappa shape index (κ2) is 11.5. The molecule has 5 rings (SSSR count). The maximum Gasteiger partial charge on any atom is 0.416 e. The number of rotatable bonds is 5. The third kappa shape index (κ3) is 6.61. The molecule has 3 saturated heterocycles. The predicted molar refractivity (Wildman–Crippen MR) is 161 cm³/mol. The van der Waals surface area contributed by atoms with E-state index < -0.39 is 17.3 Å². The molecular formula is C31H48N6O5. The first-order valence-corrected chi connectivity index (χ1v) is 15.5. The first-order chi connectivity index (χ1) is 19.7. The molecule has 0 aliphatic carbocycles. The van der Waals surface area contributed by atoms with Crippen LogP contribution < -0.4 is 10.2 Å². The first kappa shape index (κ1) is 30.4. The first-order valence-electron chi connectivity index (χ1n) is 15.5. The zero-order chi connectivity index (χ0) is 30.4. The van der Waals surface area contributed by atoms with E-state index in [1.807, 2.05) is 58.7 Å². The van der Waals surface area contributed by atoms with Crippen molar-refractivity contribution in [3.05, 3.63) is 17.8 Å². The number of nitrogens with zero attached hydrogens (tertiary/aromatic N) is 5. The Morgan fingerprint density at radius 2 is 1.62 bits per heavy atom. The fourth-order valence-corrected chi connectivity index (χ4v) is 6.38. The largest absolute Gasteiger partial charge is 0.444 e. The summed E-state index contributed by atoms with van der Waals surface area (Å²) in [4.78, 5) is 35.9. The number of carbonyl (C=O) groups is 2. The highest BCUT2D eigenvalue weighted by Crippen LogP contribution is 2.41. The van der Waals surface area contributed by atoms with Crippen molar-refractivity contribution in [2.24, 2.45) is 0 Å². The van der Waals surface area contributed by atoms with Gasteiger partial charge in [0.1, 0.15) is 22.8 Å². The number of hydrogen-bond acceptors (Lipinski definition) is 8. The van der Waals surface area contributed by atoms with Crippen LogP contribution in [0.15, 0.2) is 12.3 Å². The summed E-state index contributed by atoms with van der Waals surface area (Å²) in [6, 6.07) is 1.93. The van der Waals surface area contributed by atoms with Crippen LogP contribution in [0.25, 0.3) is 5.65 Å². The van der Waals surface area contributed by atoms with Gasteiger partial charge < -0.3 is 24.4 Å². The normalized spacial score (nSPS) is 23.4. The van der Waals surface area contributed by atoms with E-state index >= 15 is 0 Å². The van der Waals surface area contributed by atoms with Gasteiger partial charge in [-0.2, -0.15) is 9.61 Å². The molecule has 3 fully saturated rings. The number of amides is 2. The fourth-order valence-electron chi connectivity index (χ4n) is 6.38. The van der Waals surface area contributed by atoms with Gasteiger partial charge in [-0.05, 0) is 86.0 Å². The summed E-state index contributed by atoms with van der Waals surface area (Å²) in [5, 5.41) is 8.34. The van der Waals surface area contributed by atoms with Gasteiger partial charge in [-0.3, -0.25) is 4.90 Å². The third-order valence-electron chi connectivity index (χ3n) is 8.19. The molecule has 11 nitrogen and oxygen atoms in total. The van der Waals surface area contributed by atoms with Gasteiger partial charge in [0.05, 0.1) is 6.20 Å². The van der Waals surface area contributed by atoms with Crippen LogP contribution in [0.1, 0.15) is 105 Å². The lowest BCUT2D eigenvalue weighted by molar-refractivity contribution is 0.00531. The van der Waals surface area contributed by atoms with Crippen molar-refractivity contribution in [3.63, 3.8) is 0 Å². The standard InChI is InChI=1S/C31H48N6O5/c1-19(2)24-18-32-37-26(17-25(34-27(24)37)33-20-11-13-40-14-12-20)36(29(39)42-31(6,7)8)23-15-21-9-10-22(16-23)35(21)28(38)41-30(3,4)5/h17-23H,9-16H2,1-8H3,(H,33,34). The van der Waals surface area contributed by atoms with Gasteiger partial charge in [0.15, 0.2) is 5.65 Å². The van der Waals surface area contributed by atoms with Gasteiger partial charge in [0, 0.05) is 49.0 Å². The number of carbonyl (C=O) groups excluding carboxylic acids is 2. The molecule has 5 heterocycles. The highest BCUT2D eigenvalue weighted by Gasteiger charge is 2.48. The quantitative estimate of drug-likeness (QED) is 0.448. The van der Waals surface area contributed by atoms with E-state index in [4.69, 9.17) is 24.3 Å². The minimum Gasteiger partial charge on any atom is -0.444 e. The van der Waals surface area contributed by atoms with E-state index in [0.29, 0.717) is 37.7 Å². The fraction of sp³-hybridized carbons (Fsp3) is 0.742. The number of hydrogen-bond donors (Lipinski definition) is 1. The van der Waals surface area contributed by atoms with Gasteiger partial charge in [0.2, 0.25) is 0 Å². The van der Waals surface area contributed by atoms with Crippen molar-refractivity contribution in [3.8, 4) is 0 Å². The average molecular weight is 585 g/mol. The van der Waals surface area contributed by atoms with Crippen molar-refractivity contribution in [1.29, 1.82) is 0 Å². The monoisotopic (exact) mass is 584 g/mol. The topological polar surface area (TPSA) is 111 Å². The Morgan fingerprint density at radius 1 is 1.00 bits per heavy atom. The van der Waals surface area contributed by atoms with E-state index in [1.54, 1.807) is 9.42 Å². The number of fused-ring (bicyclic) bond motifs is 3. The predicted octanol–water partition coefficient (Wildman–Crippen LogP) is 6.12. The van der Waals surface area contributed by atoms with Crippen LogP contribution in [-0.2, 0) is 14.2 Å². The van der Waals surface area contributed by atoms with Crippen molar-refractivity contribution in [1.82, 2.24) is 19.5 Å². The lowest BCUT2D eigenvalue weighted by Crippen LogP contribution is -2.55. The van der Waals surface area contributed by atoms with Gasteiger partial charge >= 0.3 is 12.2 Å². The van der Waals surface area contributed by atoms with Crippen LogP contribution >= 0.6 is 0 Å². The zero-order valence-electron chi connectivity index (χ0n) is 26.5. The number of nitrogens with one attached hydrogen (secondary N) is 1. The Hall–Kier alpha value is -3.08. The van der Waals surface area contributed by atoms with Gasteiger partial charge in [-0.25, -0.2) is 14.6 Å². The van der Waals surface area contributed by atoms with Crippen molar-refractivity contribution in [2.45, 2.75) is 135 Å². The summed E-state index contributed by atoms with van der Waals surface area (Å²) in [6.45, 7) is 17.0. The Morgan fingerprint density at radius 3 is 2.19 bits per heavy atom. The second-order valence-electron chi connectivity index (χ2n) is 14.3. The average Bonchev–Trinajstić information content (AvgIpc) is 3.41. The molecule has 0 aromatic carbocycles. The molecular weight excluding hydrogens is 536 g/mol. The molecule has 2 atom stereocenters. The molecule has 2 bridgehead atoms. The van der Waals surface area contributed by atoms with Crippen molar-refractivity contribution < 1.29 is 23.8 Å². The van der Waals surface area contributed by atoms with E-state index in [0.717, 1.165) is 36.9 Å². The lowest BCUT2D eigenvalue weighted by Gasteiger charge is -2.43. The summed E-state index contributed by atoms with van der Waals surface area (Å²) in [7, 11) is 0. The Kier molecular flexibility index (Phi) is 8.35. The summed E-state index contributed by atoms with van der Waals surface area (Å²) >= 11 is 0. The number of aromatic nitrogens is 3. The minimum atomic E-state index is -0.686. The summed E-state index contributed by atoms with van der Waals surface area (Å²) in [5.74, 6) is 1.52. The molecule has 0 saturated carbocycles. The van der Waals surface area contributed by atoms with Gasteiger partial charge in [-0.15, -0.1) is 0 Å². The lowest BCUT2D eigenvalue weighted by atomic mass is 9.96. The van der Waals surface area contributed by atoms with Crippen LogP contribution in [0.5, 0.6) is 0 Å². The molecule has 232 valence electrons. The molecule has 1 N–H and O–H groups in total. The van der Waals surface area contributed by atoms with Crippen molar-refractivity contribution >= 4 is 29.5 Å². The molecule has 11 heteroatoms. The SMILES string of the molecule is CC(C)c1cnn2c(N(C(=O)OC(C)(C)C)C3CC4CCC(C3)N4C(=O)OC(C)(C)C)cc(NC3CCOCC3)nc12. The van der Waals surface area contributed by atoms with E-state index in [9.17, 15) is 9.59 Å². The van der Waals surface area contributed by atoms with Crippen LogP contribution in [0.4, 0.5) is 21.2 Å². The molecule has 3 aliphatic rings. The van der Waals surface area contributed by atoms with Gasteiger partial charge in [-0.1, -0.05) is 13.8 Å². The molecule has 2 unspecified atom stereocenters. The van der Waals surface area contributed by atoms with Crippen molar-refractivity contribution in [2.75, 3.05) is 23.4 Å². The summed E-state index contributed by atoms with van der Waals surface area (Å²) in [5.41, 5.74) is 0.477. The van der Waals surface area contributed by atoms with Crippen LogP contribution in [0.3, 0.4) is 0 Å². The smallest absolute Gasteiger partial charge is 0.416 e. The maximum atomic E-state index is 14.1. The summed E-state index contributed by atoms with van der Waals surface area (Å²) in [6.07, 6.45) is 5.93. The van der Waals surface area contributed by atoms with Gasteiger partial charge in [0.25, 0.3) is 0 Å². The molecule has 0 spiro atoms. The van der Waals surface area contributed by atoms with Crippen LogP contribution in [0.2, 0.25) is 0 Å². The van der Waals surface area contributed by atoms with Crippen LogP contribution in [0, 0.1) is 0 Å². The zero-order valence-corrected chi connectivity index (χ0v) is 26.5. The Balaban J connectivity index is 1.54. The second-order valence-corrected chi connectivity index (χ2v) is 14.3. The Bertz CT molecular complexity index is 1280. The highest BCUT2D eigenvalue weighted by molar-refractivity contribution is 5.89. The molecule has 0 radical (unpaired) electrons.